The van der Waals surface area contributed by atoms with Crippen molar-refractivity contribution >= 4 is 39.1 Å². The maximum atomic E-state index is 14.3. The lowest BCUT2D eigenvalue weighted by molar-refractivity contribution is -0.140. The maximum Gasteiger partial charge on any atom is 0.264 e. The zero-order chi connectivity index (χ0) is 30.1. The number of carbonyl (C=O) groups is 2. The van der Waals surface area contributed by atoms with Crippen molar-refractivity contribution in [1.82, 2.24) is 10.2 Å². The molecule has 2 amide bonds. The molecule has 4 aromatic carbocycles. The van der Waals surface area contributed by atoms with Crippen molar-refractivity contribution in [2.45, 2.75) is 37.8 Å². The van der Waals surface area contributed by atoms with Gasteiger partial charge in [0.1, 0.15) is 12.6 Å². The Morgan fingerprint density at radius 1 is 0.810 bits per heavy atom. The summed E-state index contributed by atoms with van der Waals surface area (Å²) >= 11 is 6.11. The molecule has 0 fully saturated rings. The third-order valence-corrected chi connectivity index (χ3v) is 8.86. The highest BCUT2D eigenvalue weighted by atomic mass is 35.5. The lowest BCUT2D eigenvalue weighted by Crippen LogP contribution is -2.53. The first-order valence-corrected chi connectivity index (χ1v) is 15.5. The number of benzene rings is 4. The van der Waals surface area contributed by atoms with Gasteiger partial charge in [0, 0.05) is 24.5 Å². The Morgan fingerprint density at radius 3 is 1.95 bits per heavy atom. The van der Waals surface area contributed by atoms with Crippen LogP contribution in [-0.2, 0) is 32.6 Å². The van der Waals surface area contributed by atoms with Crippen LogP contribution in [0.1, 0.15) is 23.6 Å². The summed E-state index contributed by atoms with van der Waals surface area (Å²) < 4.78 is 29.0. The second-order valence-corrected chi connectivity index (χ2v) is 12.2. The van der Waals surface area contributed by atoms with Gasteiger partial charge in [-0.1, -0.05) is 90.0 Å². The van der Waals surface area contributed by atoms with E-state index in [1.54, 1.807) is 36.4 Å². The first kappa shape index (κ1) is 30.8. The standard InChI is InChI=1S/C33H34ClN3O4S/c1-3-35-33(39)31(22-26-10-6-4-7-11-26)36(23-27-12-8-5-9-13-27)32(38)24-37(29-18-16-28(34)17-19-29)42(40,41)30-20-14-25(2)15-21-30/h4-21,31H,3,22-24H2,1-2H3,(H,35,39)/t31-/m0/s1. The summed E-state index contributed by atoms with van der Waals surface area (Å²) in [5, 5.41) is 3.29. The quantitative estimate of drug-likeness (QED) is 0.228. The highest BCUT2D eigenvalue weighted by Crippen LogP contribution is 2.26. The minimum Gasteiger partial charge on any atom is -0.355 e. The fraction of sp³-hybridized carbons (Fsp3) is 0.212. The van der Waals surface area contributed by atoms with E-state index in [0.717, 1.165) is 21.0 Å². The Kier molecular flexibility index (Phi) is 10.4. The van der Waals surface area contributed by atoms with Crippen molar-refractivity contribution < 1.29 is 18.0 Å². The number of hydrogen-bond acceptors (Lipinski definition) is 4. The molecule has 0 saturated heterocycles. The smallest absolute Gasteiger partial charge is 0.264 e. The van der Waals surface area contributed by atoms with E-state index in [4.69, 9.17) is 11.6 Å². The lowest BCUT2D eigenvalue weighted by Gasteiger charge is -2.33. The molecule has 0 spiro atoms. The van der Waals surface area contributed by atoms with Gasteiger partial charge in [-0.15, -0.1) is 0 Å². The van der Waals surface area contributed by atoms with Crippen molar-refractivity contribution in [3.05, 3.63) is 131 Å². The number of amides is 2. The molecule has 1 atom stereocenters. The number of sulfonamides is 1. The number of halogens is 1. The van der Waals surface area contributed by atoms with Crippen LogP contribution < -0.4 is 9.62 Å². The highest BCUT2D eigenvalue weighted by Gasteiger charge is 2.34. The molecule has 7 nitrogen and oxygen atoms in total. The molecule has 0 bridgehead atoms. The van der Waals surface area contributed by atoms with Crippen LogP contribution in [0.25, 0.3) is 0 Å². The second-order valence-electron chi connectivity index (χ2n) is 9.91. The van der Waals surface area contributed by atoms with Crippen LogP contribution in [0.15, 0.2) is 114 Å². The van der Waals surface area contributed by atoms with Gasteiger partial charge in [-0.3, -0.25) is 13.9 Å². The number of rotatable bonds is 12. The molecular weight excluding hydrogens is 570 g/mol. The molecule has 0 aromatic heterocycles. The number of likely N-dealkylation sites (N-methyl/N-ethyl adjacent to an activating group) is 1. The van der Waals surface area contributed by atoms with Crippen LogP contribution in [0.5, 0.6) is 0 Å². The third kappa shape index (κ3) is 7.78. The van der Waals surface area contributed by atoms with E-state index in [-0.39, 0.29) is 29.5 Å². The number of hydrogen-bond donors (Lipinski definition) is 1. The van der Waals surface area contributed by atoms with Crippen LogP contribution in [0.4, 0.5) is 5.69 Å². The number of nitrogens with one attached hydrogen (secondary N) is 1. The summed E-state index contributed by atoms with van der Waals surface area (Å²) in [6.45, 7) is 3.67. The summed E-state index contributed by atoms with van der Waals surface area (Å²) in [6.07, 6.45) is 0.261. The molecular formula is C33H34ClN3O4S. The van der Waals surface area contributed by atoms with Gasteiger partial charge in [0.2, 0.25) is 11.8 Å². The topological polar surface area (TPSA) is 86.8 Å². The van der Waals surface area contributed by atoms with Gasteiger partial charge < -0.3 is 10.2 Å². The van der Waals surface area contributed by atoms with Crippen LogP contribution >= 0.6 is 11.6 Å². The molecule has 0 aliphatic rings. The predicted molar refractivity (Wildman–Crippen MR) is 167 cm³/mol. The average Bonchev–Trinajstić information content (AvgIpc) is 2.99. The number of nitrogens with zero attached hydrogens (tertiary/aromatic N) is 2. The Balaban J connectivity index is 1.77. The van der Waals surface area contributed by atoms with E-state index < -0.39 is 28.5 Å². The minimum absolute atomic E-state index is 0.0509. The summed E-state index contributed by atoms with van der Waals surface area (Å²) in [7, 11) is -4.16. The fourth-order valence-electron chi connectivity index (χ4n) is 4.60. The molecule has 0 saturated carbocycles. The van der Waals surface area contributed by atoms with Gasteiger partial charge in [0.25, 0.3) is 10.0 Å². The lowest BCUT2D eigenvalue weighted by atomic mass is 10.0. The van der Waals surface area contributed by atoms with Gasteiger partial charge in [0.15, 0.2) is 0 Å². The van der Waals surface area contributed by atoms with Crippen LogP contribution in [0.2, 0.25) is 5.02 Å². The molecule has 218 valence electrons. The first-order valence-electron chi connectivity index (χ1n) is 13.7. The Morgan fingerprint density at radius 2 is 1.38 bits per heavy atom. The van der Waals surface area contributed by atoms with Crippen molar-refractivity contribution in [3.63, 3.8) is 0 Å². The minimum atomic E-state index is -4.16. The first-order chi connectivity index (χ1) is 20.2. The van der Waals surface area contributed by atoms with Crippen LogP contribution in [0, 0.1) is 6.92 Å². The summed E-state index contributed by atoms with van der Waals surface area (Å²) in [5.74, 6) is -0.832. The third-order valence-electron chi connectivity index (χ3n) is 6.82. The highest BCUT2D eigenvalue weighted by molar-refractivity contribution is 7.92. The zero-order valence-corrected chi connectivity index (χ0v) is 25.2. The SMILES string of the molecule is CCNC(=O)[C@H](Cc1ccccc1)N(Cc1ccccc1)C(=O)CN(c1ccc(Cl)cc1)S(=O)(=O)c1ccc(C)cc1. The molecule has 0 heterocycles. The molecule has 4 aromatic rings. The largest absolute Gasteiger partial charge is 0.355 e. The molecule has 0 unspecified atom stereocenters. The van der Waals surface area contributed by atoms with Crippen LogP contribution in [0.3, 0.4) is 0 Å². The Bertz CT molecular complexity index is 1580. The van der Waals surface area contributed by atoms with Crippen molar-refractivity contribution in [2.75, 3.05) is 17.4 Å². The monoisotopic (exact) mass is 603 g/mol. The van der Waals surface area contributed by atoms with E-state index in [1.807, 2.05) is 74.5 Å². The summed E-state index contributed by atoms with van der Waals surface area (Å²) in [6, 6.07) is 30.6. The van der Waals surface area contributed by atoms with Gasteiger partial charge in [-0.25, -0.2) is 8.42 Å². The molecule has 0 aliphatic carbocycles. The summed E-state index contributed by atoms with van der Waals surface area (Å²) in [5.41, 5.74) is 2.88. The normalized spacial score (nSPS) is 11.9. The van der Waals surface area contributed by atoms with Crippen molar-refractivity contribution in [3.8, 4) is 0 Å². The molecule has 0 aliphatic heterocycles. The molecule has 4 rings (SSSR count). The Hall–Kier alpha value is -4.14. The maximum absolute atomic E-state index is 14.3. The van der Waals surface area contributed by atoms with E-state index in [9.17, 15) is 18.0 Å². The molecule has 9 heteroatoms. The number of aryl methyl sites for hydroxylation is 1. The van der Waals surface area contributed by atoms with E-state index in [1.165, 1.54) is 17.0 Å². The molecule has 42 heavy (non-hydrogen) atoms. The number of carbonyl (C=O) groups excluding carboxylic acids is 2. The van der Waals surface area contributed by atoms with E-state index in [0.29, 0.717) is 11.6 Å². The van der Waals surface area contributed by atoms with Gasteiger partial charge in [-0.05, 0) is 61.4 Å². The van der Waals surface area contributed by atoms with Crippen LogP contribution in [-0.4, -0.2) is 44.3 Å². The molecule has 1 N–H and O–H groups in total. The predicted octanol–water partition coefficient (Wildman–Crippen LogP) is 5.62. The second kappa shape index (κ2) is 14.2. The van der Waals surface area contributed by atoms with Gasteiger partial charge in [0.05, 0.1) is 10.6 Å². The van der Waals surface area contributed by atoms with E-state index in [2.05, 4.69) is 5.32 Å². The molecule has 0 radical (unpaired) electrons. The zero-order valence-electron chi connectivity index (χ0n) is 23.6. The Labute approximate surface area is 252 Å². The van der Waals surface area contributed by atoms with E-state index >= 15 is 0 Å². The fourth-order valence-corrected chi connectivity index (χ4v) is 6.14. The van der Waals surface area contributed by atoms with Gasteiger partial charge in [-0.2, -0.15) is 0 Å². The van der Waals surface area contributed by atoms with Crippen molar-refractivity contribution in [1.29, 1.82) is 0 Å². The number of anilines is 1. The summed E-state index contributed by atoms with van der Waals surface area (Å²) in [4.78, 5) is 29.3. The van der Waals surface area contributed by atoms with Crippen molar-refractivity contribution in [2.24, 2.45) is 0 Å². The van der Waals surface area contributed by atoms with Gasteiger partial charge >= 0.3 is 0 Å². The average molecular weight is 604 g/mol.